The van der Waals surface area contributed by atoms with Crippen molar-refractivity contribution in [1.82, 2.24) is 4.31 Å². The minimum absolute atomic E-state index is 0.138. The van der Waals surface area contributed by atoms with Crippen molar-refractivity contribution in [3.8, 4) is 0 Å². The van der Waals surface area contributed by atoms with Crippen molar-refractivity contribution in [2.45, 2.75) is 31.3 Å². The number of aryl methyl sites for hydroxylation is 1. The van der Waals surface area contributed by atoms with Gasteiger partial charge in [0.15, 0.2) is 0 Å². The number of morpholine rings is 1. The number of nitrogens with zero attached hydrogens (tertiary/aromatic N) is 1. The molecule has 5 nitrogen and oxygen atoms in total. The molecule has 1 fully saturated rings. The Morgan fingerprint density at radius 1 is 1.47 bits per heavy atom. The van der Waals surface area contributed by atoms with E-state index in [9.17, 15) is 8.42 Å². The van der Waals surface area contributed by atoms with Crippen LogP contribution in [0.4, 0.5) is 0 Å². The summed E-state index contributed by atoms with van der Waals surface area (Å²) in [7, 11) is -3.46. The van der Waals surface area contributed by atoms with Crippen LogP contribution < -0.4 is 5.73 Å². The van der Waals surface area contributed by atoms with Crippen LogP contribution in [0.15, 0.2) is 23.1 Å². The van der Waals surface area contributed by atoms with Crippen molar-refractivity contribution in [2.24, 2.45) is 5.73 Å². The quantitative estimate of drug-likeness (QED) is 0.893. The lowest BCUT2D eigenvalue weighted by Crippen LogP contribution is -2.46. The van der Waals surface area contributed by atoms with Gasteiger partial charge in [0.2, 0.25) is 10.0 Å². The normalized spacial score (nSPS) is 21.5. The van der Waals surface area contributed by atoms with Gasteiger partial charge in [0.05, 0.1) is 18.1 Å². The van der Waals surface area contributed by atoms with E-state index in [0.717, 1.165) is 11.1 Å². The van der Waals surface area contributed by atoms with E-state index in [2.05, 4.69) is 0 Å². The maximum absolute atomic E-state index is 12.6. The Morgan fingerprint density at radius 3 is 2.84 bits per heavy atom. The molecule has 0 amide bonds. The molecule has 106 valence electrons. The molecule has 0 aromatic heterocycles. The molecule has 1 aromatic carbocycles. The number of hydrogen-bond donors (Lipinski definition) is 1. The highest BCUT2D eigenvalue weighted by Crippen LogP contribution is 2.22. The highest BCUT2D eigenvalue weighted by Gasteiger charge is 2.31. The van der Waals surface area contributed by atoms with E-state index in [1.54, 1.807) is 18.2 Å². The second-order valence-corrected chi connectivity index (χ2v) is 6.72. The third kappa shape index (κ3) is 2.81. The first-order chi connectivity index (χ1) is 8.96. The maximum Gasteiger partial charge on any atom is 0.243 e. The number of ether oxygens (including phenoxy) is 1. The van der Waals surface area contributed by atoms with Crippen molar-refractivity contribution in [3.05, 3.63) is 29.3 Å². The van der Waals surface area contributed by atoms with Crippen LogP contribution in [0.3, 0.4) is 0 Å². The summed E-state index contributed by atoms with van der Waals surface area (Å²) < 4.78 is 32.0. The third-order valence-electron chi connectivity index (χ3n) is 3.45. The summed E-state index contributed by atoms with van der Waals surface area (Å²) in [6.07, 6.45) is 0. The van der Waals surface area contributed by atoms with Crippen LogP contribution >= 0.6 is 0 Å². The topological polar surface area (TPSA) is 72.6 Å². The zero-order valence-corrected chi connectivity index (χ0v) is 12.1. The first kappa shape index (κ1) is 14.5. The standard InChI is InChI=1S/C13H20N2O3S/c1-10-3-4-13(7-12(10)8-14)19(16,17)15-5-6-18-9-11(15)2/h3-4,7,11H,5-6,8-9,14H2,1-2H3. The van der Waals surface area contributed by atoms with Crippen molar-refractivity contribution in [2.75, 3.05) is 19.8 Å². The molecule has 1 aliphatic heterocycles. The van der Waals surface area contributed by atoms with E-state index in [1.807, 2.05) is 13.8 Å². The summed E-state index contributed by atoms with van der Waals surface area (Å²) in [4.78, 5) is 0.312. The summed E-state index contributed by atoms with van der Waals surface area (Å²) in [5.41, 5.74) is 7.51. The molecule has 1 aromatic rings. The molecule has 1 saturated heterocycles. The highest BCUT2D eigenvalue weighted by atomic mass is 32.2. The lowest BCUT2D eigenvalue weighted by molar-refractivity contribution is 0.0393. The van der Waals surface area contributed by atoms with Crippen LogP contribution in [0.5, 0.6) is 0 Å². The van der Waals surface area contributed by atoms with Gasteiger partial charge in [-0.3, -0.25) is 0 Å². The highest BCUT2D eigenvalue weighted by molar-refractivity contribution is 7.89. The zero-order chi connectivity index (χ0) is 14.0. The Hall–Kier alpha value is -0.950. The van der Waals surface area contributed by atoms with E-state index in [0.29, 0.717) is 31.2 Å². The molecule has 0 saturated carbocycles. The van der Waals surface area contributed by atoms with E-state index in [1.165, 1.54) is 4.31 Å². The van der Waals surface area contributed by atoms with Crippen LogP contribution in [-0.4, -0.2) is 38.5 Å². The predicted octanol–water partition coefficient (Wildman–Crippen LogP) is 0.863. The van der Waals surface area contributed by atoms with Gasteiger partial charge in [-0.25, -0.2) is 8.42 Å². The largest absolute Gasteiger partial charge is 0.378 e. The number of nitrogens with two attached hydrogens (primary N) is 1. The fourth-order valence-electron chi connectivity index (χ4n) is 2.23. The number of benzene rings is 1. The van der Waals surface area contributed by atoms with Gasteiger partial charge in [0, 0.05) is 19.1 Å². The van der Waals surface area contributed by atoms with Crippen molar-refractivity contribution in [1.29, 1.82) is 0 Å². The molecule has 0 bridgehead atoms. The lowest BCUT2D eigenvalue weighted by atomic mass is 10.1. The average Bonchev–Trinajstić information content (AvgIpc) is 2.39. The molecule has 2 rings (SSSR count). The summed E-state index contributed by atoms with van der Waals surface area (Å²) >= 11 is 0. The van der Waals surface area contributed by atoms with Gasteiger partial charge in [0.1, 0.15) is 0 Å². The first-order valence-corrected chi connectivity index (χ1v) is 7.80. The Labute approximate surface area is 114 Å². The Bertz CT molecular complexity index is 557. The Balaban J connectivity index is 2.38. The van der Waals surface area contributed by atoms with E-state index in [-0.39, 0.29) is 6.04 Å². The molecule has 0 aliphatic carbocycles. The van der Waals surface area contributed by atoms with Gasteiger partial charge in [-0.2, -0.15) is 4.31 Å². The van der Waals surface area contributed by atoms with Crippen LogP contribution in [0, 0.1) is 6.92 Å². The van der Waals surface area contributed by atoms with Crippen molar-refractivity contribution >= 4 is 10.0 Å². The molecule has 1 heterocycles. The molecule has 0 radical (unpaired) electrons. The average molecular weight is 284 g/mol. The molecule has 6 heteroatoms. The number of sulfonamides is 1. The van der Waals surface area contributed by atoms with Gasteiger partial charge in [-0.1, -0.05) is 6.07 Å². The molecule has 1 atom stereocenters. The fraction of sp³-hybridized carbons (Fsp3) is 0.538. The third-order valence-corrected chi connectivity index (χ3v) is 5.46. The van der Waals surface area contributed by atoms with E-state index >= 15 is 0 Å². The monoisotopic (exact) mass is 284 g/mol. The lowest BCUT2D eigenvalue weighted by Gasteiger charge is -2.32. The van der Waals surface area contributed by atoms with Gasteiger partial charge in [-0.05, 0) is 37.1 Å². The SMILES string of the molecule is Cc1ccc(S(=O)(=O)N2CCOCC2C)cc1CN. The summed E-state index contributed by atoms with van der Waals surface area (Å²) in [6, 6.07) is 4.99. The summed E-state index contributed by atoms with van der Waals surface area (Å²) in [6.45, 7) is 5.40. The minimum atomic E-state index is -3.46. The molecular formula is C13H20N2O3S. The van der Waals surface area contributed by atoms with E-state index in [4.69, 9.17) is 10.5 Å². The van der Waals surface area contributed by atoms with Gasteiger partial charge in [-0.15, -0.1) is 0 Å². The van der Waals surface area contributed by atoms with Gasteiger partial charge >= 0.3 is 0 Å². The van der Waals surface area contributed by atoms with Crippen LogP contribution in [-0.2, 0) is 21.3 Å². The maximum atomic E-state index is 12.6. The zero-order valence-electron chi connectivity index (χ0n) is 11.3. The Morgan fingerprint density at radius 2 is 2.21 bits per heavy atom. The van der Waals surface area contributed by atoms with Crippen LogP contribution in [0.2, 0.25) is 0 Å². The second kappa shape index (κ2) is 5.58. The Kier molecular flexibility index (Phi) is 4.25. The molecule has 19 heavy (non-hydrogen) atoms. The van der Waals surface area contributed by atoms with Crippen molar-refractivity contribution in [3.63, 3.8) is 0 Å². The van der Waals surface area contributed by atoms with Crippen LogP contribution in [0.25, 0.3) is 0 Å². The molecule has 1 aliphatic rings. The van der Waals surface area contributed by atoms with Crippen LogP contribution in [0.1, 0.15) is 18.1 Å². The second-order valence-electron chi connectivity index (χ2n) is 4.83. The summed E-state index contributed by atoms with van der Waals surface area (Å²) in [5, 5.41) is 0. The van der Waals surface area contributed by atoms with Gasteiger partial charge in [0.25, 0.3) is 0 Å². The molecule has 0 spiro atoms. The fourth-order valence-corrected chi connectivity index (χ4v) is 3.88. The number of hydrogen-bond acceptors (Lipinski definition) is 4. The first-order valence-electron chi connectivity index (χ1n) is 6.36. The number of rotatable bonds is 3. The predicted molar refractivity (Wildman–Crippen MR) is 73.2 cm³/mol. The van der Waals surface area contributed by atoms with E-state index < -0.39 is 10.0 Å². The molecule has 2 N–H and O–H groups in total. The molecule has 1 unspecified atom stereocenters. The smallest absolute Gasteiger partial charge is 0.243 e. The molecular weight excluding hydrogens is 264 g/mol. The van der Waals surface area contributed by atoms with Crippen molar-refractivity contribution < 1.29 is 13.2 Å². The minimum Gasteiger partial charge on any atom is -0.378 e. The van der Waals surface area contributed by atoms with Gasteiger partial charge < -0.3 is 10.5 Å². The summed E-state index contributed by atoms with van der Waals surface area (Å²) in [5.74, 6) is 0.